The molecule has 2 aliphatic rings. The number of hydrogen-bond acceptors (Lipinski definition) is 5. The number of aromatic amines is 1. The summed E-state index contributed by atoms with van der Waals surface area (Å²) in [6.45, 7) is 1.22. The van der Waals surface area contributed by atoms with E-state index in [2.05, 4.69) is 9.97 Å². The van der Waals surface area contributed by atoms with Crippen LogP contribution < -0.4 is 14.2 Å². The third-order valence-electron chi connectivity index (χ3n) is 5.24. The van der Waals surface area contributed by atoms with Crippen LogP contribution >= 0.6 is 0 Å². The smallest absolute Gasteiger partial charge is 0.254 e. The summed E-state index contributed by atoms with van der Waals surface area (Å²) in [5.74, 6) is 1.98. The first-order valence-corrected chi connectivity index (χ1v) is 9.08. The zero-order valence-corrected chi connectivity index (χ0v) is 15.3. The van der Waals surface area contributed by atoms with E-state index in [1.807, 2.05) is 29.2 Å². The summed E-state index contributed by atoms with van der Waals surface area (Å²) >= 11 is 0. The molecule has 0 radical (unpaired) electrons. The Morgan fingerprint density at radius 3 is 3.00 bits per heavy atom. The van der Waals surface area contributed by atoms with Crippen LogP contribution in [-0.4, -0.2) is 41.2 Å². The van der Waals surface area contributed by atoms with Crippen LogP contribution in [0.25, 0.3) is 0 Å². The number of aromatic nitrogens is 2. The van der Waals surface area contributed by atoms with Gasteiger partial charge in [0.15, 0.2) is 11.5 Å². The third kappa shape index (κ3) is 2.76. The molecule has 1 amide bonds. The quantitative estimate of drug-likeness (QED) is 0.759. The van der Waals surface area contributed by atoms with Crippen molar-refractivity contribution in [2.45, 2.75) is 12.5 Å². The van der Waals surface area contributed by atoms with Crippen molar-refractivity contribution in [3.05, 3.63) is 71.3 Å². The Bertz CT molecular complexity index is 1050. The highest BCUT2D eigenvalue weighted by atomic mass is 16.7. The van der Waals surface area contributed by atoms with E-state index in [1.165, 1.54) is 0 Å². The Labute approximate surface area is 161 Å². The lowest BCUT2D eigenvalue weighted by Gasteiger charge is -2.32. The van der Waals surface area contributed by atoms with Gasteiger partial charge in [0.25, 0.3) is 5.91 Å². The Balaban J connectivity index is 1.47. The number of carbonyl (C=O) groups excluding carboxylic acids is 1. The maximum absolute atomic E-state index is 13.2. The monoisotopic (exact) mass is 377 g/mol. The van der Waals surface area contributed by atoms with Crippen molar-refractivity contribution in [3.8, 4) is 17.2 Å². The van der Waals surface area contributed by atoms with E-state index < -0.39 is 0 Å². The van der Waals surface area contributed by atoms with E-state index in [-0.39, 0.29) is 18.6 Å². The number of H-pyrrole nitrogens is 1. The summed E-state index contributed by atoms with van der Waals surface area (Å²) in [7, 11) is 1.65. The van der Waals surface area contributed by atoms with Gasteiger partial charge in [0.1, 0.15) is 5.75 Å². The van der Waals surface area contributed by atoms with E-state index in [9.17, 15) is 4.79 Å². The predicted octanol–water partition coefficient (Wildman–Crippen LogP) is 2.93. The normalized spacial score (nSPS) is 17.3. The minimum Gasteiger partial charge on any atom is -0.497 e. The van der Waals surface area contributed by atoms with Crippen LogP contribution in [-0.2, 0) is 6.54 Å². The number of benzene rings is 2. The Morgan fingerprint density at radius 1 is 1.21 bits per heavy atom. The standard InChI is InChI=1S/C21H19N3O4/c1-26-15-4-2-3-13(7-15)16-9-24(10-17-20(16)23-11-22-17)21(25)14-5-6-18-19(8-14)28-12-27-18/h2-8,11,16H,9-10,12H2,1H3,(H,22,23). The van der Waals surface area contributed by atoms with Crippen molar-refractivity contribution >= 4 is 5.91 Å². The van der Waals surface area contributed by atoms with Gasteiger partial charge in [-0.3, -0.25) is 4.79 Å². The Morgan fingerprint density at radius 2 is 2.11 bits per heavy atom. The van der Waals surface area contributed by atoms with Gasteiger partial charge in [0.2, 0.25) is 6.79 Å². The fourth-order valence-electron chi connectivity index (χ4n) is 3.81. The molecular formula is C21H19N3O4. The number of rotatable bonds is 3. The summed E-state index contributed by atoms with van der Waals surface area (Å²) in [4.78, 5) is 22.7. The molecule has 7 nitrogen and oxygen atoms in total. The topological polar surface area (TPSA) is 76.7 Å². The fraction of sp³-hybridized carbons (Fsp3) is 0.238. The van der Waals surface area contributed by atoms with Crippen LogP contribution in [0.3, 0.4) is 0 Å². The second-order valence-corrected chi connectivity index (χ2v) is 6.85. The number of hydrogen-bond donors (Lipinski definition) is 1. The second kappa shape index (κ2) is 6.60. The van der Waals surface area contributed by atoms with Crippen LogP contribution in [0, 0.1) is 0 Å². The molecule has 0 fully saturated rings. The third-order valence-corrected chi connectivity index (χ3v) is 5.24. The molecule has 142 valence electrons. The van der Waals surface area contributed by atoms with Crippen LogP contribution in [0.15, 0.2) is 48.8 Å². The van der Waals surface area contributed by atoms with E-state index in [0.717, 1.165) is 22.7 Å². The molecule has 0 bridgehead atoms. The highest BCUT2D eigenvalue weighted by Gasteiger charge is 2.32. The Kier molecular flexibility index (Phi) is 3.93. The molecule has 1 unspecified atom stereocenters. The number of imidazole rings is 1. The maximum Gasteiger partial charge on any atom is 0.254 e. The zero-order chi connectivity index (χ0) is 19.1. The lowest BCUT2D eigenvalue weighted by atomic mass is 9.90. The average Bonchev–Trinajstić information content (AvgIpc) is 3.41. The lowest BCUT2D eigenvalue weighted by molar-refractivity contribution is 0.0721. The molecule has 0 spiro atoms. The minimum atomic E-state index is -0.0496. The highest BCUT2D eigenvalue weighted by molar-refractivity contribution is 5.95. The van der Waals surface area contributed by atoms with E-state index in [0.29, 0.717) is 30.2 Å². The number of nitrogens with zero attached hydrogens (tertiary/aromatic N) is 2. The fourth-order valence-corrected chi connectivity index (χ4v) is 3.81. The van der Waals surface area contributed by atoms with Gasteiger partial charge in [0, 0.05) is 18.0 Å². The van der Waals surface area contributed by atoms with Crippen LogP contribution in [0.1, 0.15) is 33.2 Å². The number of nitrogens with one attached hydrogen (secondary N) is 1. The van der Waals surface area contributed by atoms with Gasteiger partial charge in [0.05, 0.1) is 31.4 Å². The van der Waals surface area contributed by atoms with Crippen LogP contribution in [0.4, 0.5) is 0 Å². The van der Waals surface area contributed by atoms with Crippen molar-refractivity contribution in [1.29, 1.82) is 0 Å². The number of methoxy groups -OCH3 is 1. The molecule has 5 rings (SSSR count). The minimum absolute atomic E-state index is 0.0249. The lowest BCUT2D eigenvalue weighted by Crippen LogP contribution is -2.38. The summed E-state index contributed by atoms with van der Waals surface area (Å²) in [5, 5.41) is 0. The molecule has 0 aliphatic carbocycles. The molecular weight excluding hydrogens is 358 g/mol. The van der Waals surface area contributed by atoms with Crippen molar-refractivity contribution in [2.24, 2.45) is 0 Å². The molecule has 2 aliphatic heterocycles. The van der Waals surface area contributed by atoms with Gasteiger partial charge in [-0.2, -0.15) is 0 Å². The van der Waals surface area contributed by atoms with E-state index in [4.69, 9.17) is 14.2 Å². The number of carbonyl (C=O) groups is 1. The average molecular weight is 377 g/mol. The first kappa shape index (κ1) is 16.7. The molecule has 1 N–H and O–H groups in total. The number of amides is 1. The Hall–Kier alpha value is -3.48. The first-order chi connectivity index (χ1) is 13.7. The van der Waals surface area contributed by atoms with Crippen molar-refractivity contribution in [1.82, 2.24) is 14.9 Å². The summed E-state index contributed by atoms with van der Waals surface area (Å²) in [6.07, 6.45) is 1.69. The predicted molar refractivity (Wildman–Crippen MR) is 101 cm³/mol. The van der Waals surface area contributed by atoms with Crippen molar-refractivity contribution in [3.63, 3.8) is 0 Å². The summed E-state index contributed by atoms with van der Waals surface area (Å²) < 4.78 is 16.1. The molecule has 1 aromatic heterocycles. The summed E-state index contributed by atoms with van der Waals surface area (Å²) in [6, 6.07) is 13.2. The molecule has 28 heavy (non-hydrogen) atoms. The van der Waals surface area contributed by atoms with Crippen molar-refractivity contribution < 1.29 is 19.0 Å². The van der Waals surface area contributed by atoms with E-state index >= 15 is 0 Å². The molecule has 7 heteroatoms. The van der Waals surface area contributed by atoms with Crippen LogP contribution in [0.5, 0.6) is 17.2 Å². The van der Waals surface area contributed by atoms with Gasteiger partial charge in [-0.05, 0) is 35.9 Å². The highest BCUT2D eigenvalue weighted by Crippen LogP contribution is 2.36. The molecule has 1 atom stereocenters. The maximum atomic E-state index is 13.2. The SMILES string of the molecule is COc1cccc(C2CN(C(=O)c3ccc4c(c3)OCO4)Cc3[nH]cnc32)c1. The zero-order valence-electron chi connectivity index (χ0n) is 15.3. The van der Waals surface area contributed by atoms with Crippen LogP contribution in [0.2, 0.25) is 0 Å². The first-order valence-electron chi connectivity index (χ1n) is 9.08. The van der Waals surface area contributed by atoms with Gasteiger partial charge >= 0.3 is 0 Å². The summed E-state index contributed by atoms with van der Waals surface area (Å²) in [5.41, 5.74) is 3.57. The largest absolute Gasteiger partial charge is 0.497 e. The number of fused-ring (bicyclic) bond motifs is 2. The molecule has 3 heterocycles. The second-order valence-electron chi connectivity index (χ2n) is 6.85. The molecule has 0 saturated carbocycles. The van der Waals surface area contributed by atoms with Gasteiger partial charge < -0.3 is 24.1 Å². The molecule has 2 aromatic carbocycles. The van der Waals surface area contributed by atoms with Gasteiger partial charge in [-0.25, -0.2) is 4.98 Å². The van der Waals surface area contributed by atoms with Crippen molar-refractivity contribution in [2.75, 3.05) is 20.4 Å². The number of ether oxygens (including phenoxy) is 3. The molecule has 3 aromatic rings. The molecule has 0 saturated heterocycles. The van der Waals surface area contributed by atoms with Gasteiger partial charge in [-0.15, -0.1) is 0 Å². The van der Waals surface area contributed by atoms with Gasteiger partial charge in [-0.1, -0.05) is 12.1 Å². The van der Waals surface area contributed by atoms with E-state index in [1.54, 1.807) is 31.6 Å².